The van der Waals surface area contributed by atoms with Crippen molar-refractivity contribution in [3.8, 4) is 0 Å². The maximum Gasteiger partial charge on any atom is 0.307 e. The van der Waals surface area contributed by atoms with Crippen LogP contribution in [0.25, 0.3) is 0 Å². The maximum absolute atomic E-state index is 12.7. The molecular weight excluding hydrogens is 256 g/mol. The lowest BCUT2D eigenvalue weighted by Crippen LogP contribution is -2.47. The van der Waals surface area contributed by atoms with Crippen molar-refractivity contribution in [2.75, 3.05) is 26.7 Å². The molecule has 0 radical (unpaired) electrons. The standard InChI is InChI=1S/C15H26N2O3/c1-16-9-11-5-4-8-17(10-11)14(18)12-6-2-3-7-13(12)15(19)20/h11-13,16H,2-10H2,1H3,(H,19,20). The number of aliphatic carboxylic acids is 1. The molecule has 0 aromatic heterocycles. The van der Waals surface area contributed by atoms with Gasteiger partial charge in [-0.15, -0.1) is 0 Å². The van der Waals surface area contributed by atoms with Crippen LogP contribution >= 0.6 is 0 Å². The minimum atomic E-state index is -0.799. The molecule has 0 aromatic rings. The van der Waals surface area contributed by atoms with E-state index >= 15 is 0 Å². The molecule has 2 aliphatic rings. The number of hydrogen-bond donors (Lipinski definition) is 2. The van der Waals surface area contributed by atoms with Gasteiger partial charge >= 0.3 is 5.97 Å². The number of carbonyl (C=O) groups is 2. The number of nitrogens with zero attached hydrogens (tertiary/aromatic N) is 1. The molecule has 2 N–H and O–H groups in total. The zero-order chi connectivity index (χ0) is 14.5. The Balaban J connectivity index is 1.99. The van der Waals surface area contributed by atoms with Gasteiger partial charge in [0.1, 0.15) is 0 Å². The first-order valence-corrected chi connectivity index (χ1v) is 7.79. The first-order chi connectivity index (χ1) is 9.63. The van der Waals surface area contributed by atoms with Crippen molar-refractivity contribution in [2.24, 2.45) is 17.8 Å². The molecule has 1 aliphatic carbocycles. The van der Waals surface area contributed by atoms with Crippen molar-refractivity contribution in [3.63, 3.8) is 0 Å². The van der Waals surface area contributed by atoms with Crippen LogP contribution in [0, 0.1) is 17.8 Å². The second-order valence-corrected chi connectivity index (χ2v) is 6.19. The van der Waals surface area contributed by atoms with Crippen molar-refractivity contribution < 1.29 is 14.7 Å². The average molecular weight is 282 g/mol. The molecule has 3 unspecified atom stereocenters. The van der Waals surface area contributed by atoms with Gasteiger partial charge < -0.3 is 15.3 Å². The highest BCUT2D eigenvalue weighted by Crippen LogP contribution is 2.32. The molecule has 1 saturated carbocycles. The number of nitrogens with one attached hydrogen (secondary N) is 1. The van der Waals surface area contributed by atoms with Crippen LogP contribution in [-0.2, 0) is 9.59 Å². The summed E-state index contributed by atoms with van der Waals surface area (Å²) >= 11 is 0. The summed E-state index contributed by atoms with van der Waals surface area (Å²) in [6, 6.07) is 0. The van der Waals surface area contributed by atoms with Gasteiger partial charge in [-0.25, -0.2) is 0 Å². The van der Waals surface area contributed by atoms with Crippen LogP contribution in [0.1, 0.15) is 38.5 Å². The van der Waals surface area contributed by atoms with Crippen molar-refractivity contribution in [2.45, 2.75) is 38.5 Å². The van der Waals surface area contributed by atoms with Crippen LogP contribution in [0.3, 0.4) is 0 Å². The summed E-state index contributed by atoms with van der Waals surface area (Å²) in [5, 5.41) is 12.5. The molecule has 2 fully saturated rings. The Labute approximate surface area is 120 Å². The third-order valence-electron chi connectivity index (χ3n) is 4.72. The zero-order valence-electron chi connectivity index (χ0n) is 12.3. The predicted octanol–water partition coefficient (Wildman–Crippen LogP) is 1.34. The summed E-state index contributed by atoms with van der Waals surface area (Å²) in [6.07, 6.45) is 5.49. The van der Waals surface area contributed by atoms with E-state index in [4.69, 9.17) is 0 Å². The van der Waals surface area contributed by atoms with Crippen LogP contribution in [0.15, 0.2) is 0 Å². The molecular formula is C15H26N2O3. The predicted molar refractivity (Wildman–Crippen MR) is 76.3 cm³/mol. The lowest BCUT2D eigenvalue weighted by molar-refractivity contribution is -0.153. The zero-order valence-corrected chi connectivity index (χ0v) is 12.3. The van der Waals surface area contributed by atoms with Gasteiger partial charge in [0.05, 0.1) is 11.8 Å². The van der Waals surface area contributed by atoms with E-state index in [0.717, 1.165) is 51.7 Å². The Kier molecular flexibility index (Phi) is 5.40. The first kappa shape index (κ1) is 15.3. The van der Waals surface area contributed by atoms with E-state index in [1.165, 1.54) is 0 Å². The number of carboxylic acid groups (broad SMARTS) is 1. The molecule has 5 nitrogen and oxygen atoms in total. The Bertz CT molecular complexity index is 357. The second kappa shape index (κ2) is 7.07. The largest absolute Gasteiger partial charge is 0.481 e. The van der Waals surface area contributed by atoms with E-state index < -0.39 is 11.9 Å². The molecule has 3 atom stereocenters. The fourth-order valence-electron chi connectivity index (χ4n) is 3.68. The molecule has 1 amide bonds. The van der Waals surface area contributed by atoms with E-state index in [-0.39, 0.29) is 11.8 Å². The summed E-state index contributed by atoms with van der Waals surface area (Å²) in [7, 11) is 1.93. The number of likely N-dealkylation sites (tertiary alicyclic amines) is 1. The van der Waals surface area contributed by atoms with Gasteiger partial charge in [0.25, 0.3) is 0 Å². The molecule has 2 rings (SSSR count). The normalized spacial score (nSPS) is 31.1. The number of hydrogen-bond acceptors (Lipinski definition) is 3. The fourth-order valence-corrected chi connectivity index (χ4v) is 3.68. The van der Waals surface area contributed by atoms with E-state index in [0.29, 0.717) is 12.3 Å². The quantitative estimate of drug-likeness (QED) is 0.816. The topological polar surface area (TPSA) is 69.6 Å². The van der Waals surface area contributed by atoms with Gasteiger partial charge in [-0.2, -0.15) is 0 Å². The van der Waals surface area contributed by atoms with Crippen LogP contribution < -0.4 is 5.32 Å². The van der Waals surface area contributed by atoms with Crippen molar-refractivity contribution in [1.29, 1.82) is 0 Å². The number of carboxylic acids is 1. The minimum absolute atomic E-state index is 0.0814. The number of piperidine rings is 1. The van der Waals surface area contributed by atoms with Crippen LogP contribution in [0.5, 0.6) is 0 Å². The average Bonchev–Trinajstić information content (AvgIpc) is 2.47. The number of rotatable bonds is 4. The summed E-state index contributed by atoms with van der Waals surface area (Å²) in [4.78, 5) is 25.9. The molecule has 114 valence electrons. The van der Waals surface area contributed by atoms with Gasteiger partial charge in [-0.3, -0.25) is 9.59 Å². The van der Waals surface area contributed by atoms with E-state index in [1.807, 2.05) is 11.9 Å². The van der Waals surface area contributed by atoms with Gasteiger partial charge in [0.2, 0.25) is 5.91 Å². The molecule has 0 aromatic carbocycles. The lowest BCUT2D eigenvalue weighted by atomic mass is 9.78. The SMILES string of the molecule is CNCC1CCCN(C(=O)C2CCCCC2C(=O)O)C1. The molecule has 1 aliphatic heterocycles. The third kappa shape index (κ3) is 3.51. The first-order valence-electron chi connectivity index (χ1n) is 7.79. The van der Waals surface area contributed by atoms with Crippen molar-refractivity contribution in [1.82, 2.24) is 10.2 Å². The molecule has 20 heavy (non-hydrogen) atoms. The number of carbonyl (C=O) groups excluding carboxylic acids is 1. The minimum Gasteiger partial charge on any atom is -0.481 e. The smallest absolute Gasteiger partial charge is 0.307 e. The van der Waals surface area contributed by atoms with Gasteiger partial charge in [-0.05, 0) is 45.2 Å². The van der Waals surface area contributed by atoms with Gasteiger partial charge in [0, 0.05) is 13.1 Å². The monoisotopic (exact) mass is 282 g/mol. The van der Waals surface area contributed by atoms with E-state index in [9.17, 15) is 14.7 Å². The lowest BCUT2D eigenvalue weighted by Gasteiger charge is -2.37. The Morgan fingerprint density at radius 2 is 1.85 bits per heavy atom. The fraction of sp³-hybridized carbons (Fsp3) is 0.867. The third-order valence-corrected chi connectivity index (χ3v) is 4.72. The van der Waals surface area contributed by atoms with Crippen LogP contribution in [0.4, 0.5) is 0 Å². The molecule has 1 heterocycles. The second-order valence-electron chi connectivity index (χ2n) is 6.19. The van der Waals surface area contributed by atoms with Crippen LogP contribution in [0.2, 0.25) is 0 Å². The van der Waals surface area contributed by atoms with Crippen LogP contribution in [-0.4, -0.2) is 48.6 Å². The van der Waals surface area contributed by atoms with E-state index in [1.54, 1.807) is 0 Å². The van der Waals surface area contributed by atoms with Gasteiger partial charge in [0.15, 0.2) is 0 Å². The maximum atomic E-state index is 12.7. The summed E-state index contributed by atoms with van der Waals surface area (Å²) in [6.45, 7) is 2.50. The van der Waals surface area contributed by atoms with Crippen molar-refractivity contribution >= 4 is 11.9 Å². The highest BCUT2D eigenvalue weighted by Gasteiger charge is 2.38. The highest BCUT2D eigenvalue weighted by atomic mass is 16.4. The van der Waals surface area contributed by atoms with Crippen molar-refractivity contribution in [3.05, 3.63) is 0 Å². The Hall–Kier alpha value is -1.10. The Morgan fingerprint density at radius 1 is 1.15 bits per heavy atom. The van der Waals surface area contributed by atoms with E-state index in [2.05, 4.69) is 5.32 Å². The Morgan fingerprint density at radius 3 is 2.50 bits per heavy atom. The summed E-state index contributed by atoms with van der Waals surface area (Å²) in [5.74, 6) is -0.982. The molecule has 0 bridgehead atoms. The summed E-state index contributed by atoms with van der Waals surface area (Å²) < 4.78 is 0. The number of amides is 1. The molecule has 1 saturated heterocycles. The van der Waals surface area contributed by atoms with Gasteiger partial charge in [-0.1, -0.05) is 12.8 Å². The highest BCUT2D eigenvalue weighted by molar-refractivity contribution is 5.85. The molecule has 0 spiro atoms. The summed E-state index contributed by atoms with van der Waals surface area (Å²) in [5.41, 5.74) is 0. The molecule has 5 heteroatoms.